The van der Waals surface area contributed by atoms with Crippen molar-refractivity contribution in [3.63, 3.8) is 0 Å². The van der Waals surface area contributed by atoms with E-state index in [0.717, 1.165) is 18.4 Å². The molecule has 1 saturated carbocycles. The molecule has 20 heavy (non-hydrogen) atoms. The molecule has 0 bridgehead atoms. The summed E-state index contributed by atoms with van der Waals surface area (Å²) in [5.74, 6) is 1.03. The zero-order valence-electron chi connectivity index (χ0n) is 11.0. The van der Waals surface area contributed by atoms with Gasteiger partial charge in [-0.1, -0.05) is 18.2 Å². The van der Waals surface area contributed by atoms with Gasteiger partial charge in [-0.15, -0.1) is 10.2 Å². The Balaban J connectivity index is 1.48. The van der Waals surface area contributed by atoms with E-state index >= 15 is 0 Å². The molecule has 0 aliphatic heterocycles. The molecule has 3 rings (SSSR count). The number of aromatic nitrogens is 2. The Hall–Kier alpha value is -2.37. The maximum atomic E-state index is 11.4. The first-order valence-corrected chi connectivity index (χ1v) is 6.73. The number of hydrogen-bond acceptors (Lipinski definition) is 4. The summed E-state index contributed by atoms with van der Waals surface area (Å²) in [6, 6.07) is 9.84. The Morgan fingerprint density at radius 2 is 2.05 bits per heavy atom. The highest BCUT2D eigenvalue weighted by atomic mass is 16.4. The van der Waals surface area contributed by atoms with E-state index in [-0.39, 0.29) is 6.03 Å². The number of nitrogens with one attached hydrogen (secondary N) is 2. The Labute approximate surface area is 116 Å². The van der Waals surface area contributed by atoms with E-state index in [1.54, 1.807) is 0 Å². The minimum Gasteiger partial charge on any atom is -0.421 e. The molecule has 1 fully saturated rings. The van der Waals surface area contributed by atoms with Gasteiger partial charge in [-0.2, -0.15) is 0 Å². The van der Waals surface area contributed by atoms with Crippen molar-refractivity contribution in [3.8, 4) is 11.5 Å². The predicted molar refractivity (Wildman–Crippen MR) is 73.0 cm³/mol. The van der Waals surface area contributed by atoms with E-state index in [4.69, 9.17) is 4.42 Å². The monoisotopic (exact) mass is 272 g/mol. The van der Waals surface area contributed by atoms with Crippen LogP contribution >= 0.6 is 0 Å². The van der Waals surface area contributed by atoms with Gasteiger partial charge in [-0.05, 0) is 25.0 Å². The van der Waals surface area contributed by atoms with Gasteiger partial charge in [0.1, 0.15) is 0 Å². The lowest BCUT2D eigenvalue weighted by Crippen LogP contribution is -2.37. The Morgan fingerprint density at radius 3 is 2.80 bits per heavy atom. The predicted octanol–water partition coefficient (Wildman–Crippen LogP) is 1.74. The molecule has 0 spiro atoms. The van der Waals surface area contributed by atoms with Crippen molar-refractivity contribution in [2.24, 2.45) is 0 Å². The van der Waals surface area contributed by atoms with Crippen molar-refractivity contribution in [3.05, 3.63) is 36.2 Å². The lowest BCUT2D eigenvalue weighted by atomic mass is 10.2. The van der Waals surface area contributed by atoms with Gasteiger partial charge >= 0.3 is 6.03 Å². The average Bonchev–Trinajstić information content (AvgIpc) is 3.15. The van der Waals surface area contributed by atoms with Gasteiger partial charge in [0, 0.05) is 24.6 Å². The third kappa shape index (κ3) is 3.34. The molecule has 2 N–H and O–H groups in total. The molecule has 6 nitrogen and oxygen atoms in total. The highest BCUT2D eigenvalue weighted by Gasteiger charge is 2.22. The van der Waals surface area contributed by atoms with Crippen LogP contribution in [0.15, 0.2) is 34.7 Å². The van der Waals surface area contributed by atoms with Gasteiger partial charge < -0.3 is 15.1 Å². The van der Waals surface area contributed by atoms with Crippen LogP contribution in [0.4, 0.5) is 4.79 Å². The summed E-state index contributed by atoms with van der Waals surface area (Å²) in [5.41, 5.74) is 0.894. The third-order valence-electron chi connectivity index (χ3n) is 3.02. The van der Waals surface area contributed by atoms with E-state index in [9.17, 15) is 4.79 Å². The fourth-order valence-corrected chi connectivity index (χ4v) is 1.80. The normalized spacial score (nSPS) is 14.0. The Bertz CT molecular complexity index is 578. The van der Waals surface area contributed by atoms with Crippen LogP contribution in [0.25, 0.3) is 11.5 Å². The topological polar surface area (TPSA) is 80.1 Å². The quantitative estimate of drug-likeness (QED) is 0.868. The maximum Gasteiger partial charge on any atom is 0.315 e. The first kappa shape index (κ1) is 12.7. The van der Waals surface area contributed by atoms with Crippen molar-refractivity contribution in [2.45, 2.75) is 25.3 Å². The third-order valence-corrected chi connectivity index (χ3v) is 3.02. The van der Waals surface area contributed by atoms with E-state index in [2.05, 4.69) is 20.8 Å². The summed E-state index contributed by atoms with van der Waals surface area (Å²) >= 11 is 0. The molecular formula is C14H16N4O2. The van der Waals surface area contributed by atoms with Crippen LogP contribution in [0.3, 0.4) is 0 Å². The second kappa shape index (κ2) is 5.73. The molecule has 0 unspecified atom stereocenters. The van der Waals surface area contributed by atoms with Crippen LogP contribution < -0.4 is 10.6 Å². The van der Waals surface area contributed by atoms with E-state index in [0.29, 0.717) is 30.8 Å². The van der Waals surface area contributed by atoms with Crippen LogP contribution in [0.5, 0.6) is 0 Å². The number of urea groups is 1. The summed E-state index contributed by atoms with van der Waals surface area (Å²) in [4.78, 5) is 11.4. The summed E-state index contributed by atoms with van der Waals surface area (Å²) in [7, 11) is 0. The molecule has 6 heteroatoms. The number of nitrogens with zero attached hydrogens (tertiary/aromatic N) is 2. The van der Waals surface area contributed by atoms with E-state index in [1.807, 2.05) is 30.3 Å². The number of carbonyl (C=O) groups excluding carboxylic acids is 1. The minimum atomic E-state index is -0.129. The fraction of sp³-hybridized carbons (Fsp3) is 0.357. The van der Waals surface area contributed by atoms with Crippen LogP contribution in [-0.4, -0.2) is 28.8 Å². The molecule has 1 aliphatic carbocycles. The van der Waals surface area contributed by atoms with Gasteiger partial charge in [0.2, 0.25) is 11.8 Å². The lowest BCUT2D eigenvalue weighted by molar-refractivity contribution is 0.240. The smallest absolute Gasteiger partial charge is 0.315 e. The fourth-order valence-electron chi connectivity index (χ4n) is 1.80. The van der Waals surface area contributed by atoms with Gasteiger partial charge in [0.25, 0.3) is 0 Å². The van der Waals surface area contributed by atoms with Crippen LogP contribution in [0.2, 0.25) is 0 Å². The number of rotatable bonds is 5. The number of benzene rings is 1. The number of amides is 2. The summed E-state index contributed by atoms with van der Waals surface area (Å²) in [5, 5.41) is 13.6. The lowest BCUT2D eigenvalue weighted by Gasteiger charge is -2.04. The van der Waals surface area contributed by atoms with Gasteiger partial charge in [0.15, 0.2) is 0 Å². The van der Waals surface area contributed by atoms with Crippen molar-refractivity contribution in [1.29, 1.82) is 0 Å². The Morgan fingerprint density at radius 1 is 1.25 bits per heavy atom. The molecule has 2 aromatic rings. The second-order valence-electron chi connectivity index (χ2n) is 4.79. The van der Waals surface area contributed by atoms with Crippen LogP contribution in [0, 0.1) is 0 Å². The largest absolute Gasteiger partial charge is 0.421 e. The standard InChI is InChI=1S/C14H16N4O2/c19-14(16-11-6-7-11)15-9-8-12-17-18-13(20-12)10-4-2-1-3-5-10/h1-5,11H,6-9H2,(H2,15,16,19). The molecule has 0 saturated heterocycles. The van der Waals surface area contributed by atoms with Crippen molar-refractivity contribution >= 4 is 6.03 Å². The summed E-state index contributed by atoms with van der Waals surface area (Å²) in [6.07, 6.45) is 2.69. The van der Waals surface area contributed by atoms with Gasteiger partial charge in [-0.3, -0.25) is 0 Å². The van der Waals surface area contributed by atoms with Crippen LogP contribution in [-0.2, 0) is 6.42 Å². The molecule has 1 aliphatic rings. The minimum absolute atomic E-state index is 0.129. The molecule has 0 atom stereocenters. The second-order valence-corrected chi connectivity index (χ2v) is 4.79. The molecular weight excluding hydrogens is 256 g/mol. The highest BCUT2D eigenvalue weighted by Crippen LogP contribution is 2.18. The molecule has 2 amide bonds. The summed E-state index contributed by atoms with van der Waals surface area (Å²) in [6.45, 7) is 0.481. The number of carbonyl (C=O) groups is 1. The Kier molecular flexibility index (Phi) is 3.62. The first-order valence-electron chi connectivity index (χ1n) is 6.73. The highest BCUT2D eigenvalue weighted by molar-refractivity contribution is 5.74. The van der Waals surface area contributed by atoms with E-state index < -0.39 is 0 Å². The number of hydrogen-bond donors (Lipinski definition) is 2. The molecule has 1 heterocycles. The van der Waals surface area contributed by atoms with Crippen molar-refractivity contribution < 1.29 is 9.21 Å². The van der Waals surface area contributed by atoms with Gasteiger partial charge in [-0.25, -0.2) is 4.79 Å². The SMILES string of the molecule is O=C(NCCc1nnc(-c2ccccc2)o1)NC1CC1. The average molecular weight is 272 g/mol. The van der Waals surface area contributed by atoms with Gasteiger partial charge in [0.05, 0.1) is 0 Å². The van der Waals surface area contributed by atoms with Crippen molar-refractivity contribution in [2.75, 3.05) is 6.54 Å². The zero-order chi connectivity index (χ0) is 13.8. The maximum absolute atomic E-state index is 11.4. The van der Waals surface area contributed by atoms with Crippen LogP contribution in [0.1, 0.15) is 18.7 Å². The molecule has 0 radical (unpaired) electrons. The first-order chi connectivity index (χ1) is 9.81. The van der Waals surface area contributed by atoms with E-state index in [1.165, 1.54) is 0 Å². The summed E-state index contributed by atoms with van der Waals surface area (Å²) < 4.78 is 5.55. The molecule has 1 aromatic heterocycles. The molecule has 104 valence electrons. The molecule has 1 aromatic carbocycles. The zero-order valence-corrected chi connectivity index (χ0v) is 11.0. The van der Waals surface area contributed by atoms with Crippen molar-refractivity contribution in [1.82, 2.24) is 20.8 Å².